The summed E-state index contributed by atoms with van der Waals surface area (Å²) in [5, 5.41) is 10.6. The van der Waals surface area contributed by atoms with Gasteiger partial charge in [0.15, 0.2) is 0 Å². The van der Waals surface area contributed by atoms with Crippen LogP contribution < -0.4 is 4.90 Å². The number of alkyl halides is 3. The van der Waals surface area contributed by atoms with Gasteiger partial charge in [0.2, 0.25) is 0 Å². The number of nitro groups is 1. The van der Waals surface area contributed by atoms with E-state index in [2.05, 4.69) is 0 Å². The maximum Gasteiger partial charge on any atom is 0.418 e. The summed E-state index contributed by atoms with van der Waals surface area (Å²) >= 11 is 5.69. The third-order valence-corrected chi connectivity index (χ3v) is 4.06. The molecule has 1 aromatic rings. The molecule has 0 saturated carbocycles. The highest BCUT2D eigenvalue weighted by molar-refractivity contribution is 6.31. The Morgan fingerprint density at radius 1 is 1.39 bits per heavy atom. The average molecular weight is 353 g/mol. The first kappa shape index (κ1) is 17.8. The first-order chi connectivity index (χ1) is 10.7. The van der Waals surface area contributed by atoms with E-state index in [1.807, 2.05) is 6.92 Å². The van der Waals surface area contributed by atoms with Crippen molar-refractivity contribution in [2.75, 3.05) is 24.6 Å². The molecule has 9 heteroatoms. The highest BCUT2D eigenvalue weighted by atomic mass is 35.5. The highest BCUT2D eigenvalue weighted by Gasteiger charge is 2.37. The second-order valence-electron chi connectivity index (χ2n) is 5.22. The van der Waals surface area contributed by atoms with E-state index in [-0.39, 0.29) is 11.8 Å². The number of hydrogen-bond acceptors (Lipinski definition) is 4. The van der Waals surface area contributed by atoms with E-state index in [9.17, 15) is 23.3 Å². The number of ether oxygens (including phenoxy) is 1. The van der Waals surface area contributed by atoms with E-state index in [0.29, 0.717) is 38.6 Å². The van der Waals surface area contributed by atoms with E-state index < -0.39 is 27.4 Å². The minimum absolute atomic E-state index is 0.0697. The van der Waals surface area contributed by atoms with Crippen molar-refractivity contribution < 1.29 is 22.8 Å². The van der Waals surface area contributed by atoms with Crippen molar-refractivity contribution in [2.45, 2.75) is 32.0 Å². The zero-order chi connectivity index (χ0) is 17.2. The van der Waals surface area contributed by atoms with Crippen LogP contribution in [-0.4, -0.2) is 30.7 Å². The molecule has 1 saturated heterocycles. The quantitative estimate of drug-likeness (QED) is 0.599. The summed E-state index contributed by atoms with van der Waals surface area (Å²) in [6.45, 7) is 3.39. The van der Waals surface area contributed by atoms with Crippen LogP contribution in [0.3, 0.4) is 0 Å². The van der Waals surface area contributed by atoms with Gasteiger partial charge in [-0.3, -0.25) is 10.1 Å². The maximum absolute atomic E-state index is 12.9. The minimum atomic E-state index is -4.73. The molecule has 23 heavy (non-hydrogen) atoms. The van der Waals surface area contributed by atoms with Crippen molar-refractivity contribution >= 4 is 23.0 Å². The second kappa shape index (κ2) is 6.92. The molecule has 5 nitrogen and oxygen atoms in total. The molecule has 0 bridgehead atoms. The third-order valence-electron chi connectivity index (χ3n) is 3.75. The molecule has 1 aliphatic rings. The molecule has 0 aliphatic carbocycles. The van der Waals surface area contributed by atoms with E-state index >= 15 is 0 Å². The summed E-state index contributed by atoms with van der Waals surface area (Å²) in [4.78, 5) is 12.0. The van der Waals surface area contributed by atoms with Gasteiger partial charge in [-0.15, -0.1) is 0 Å². The molecule has 0 radical (unpaired) electrons. The fourth-order valence-electron chi connectivity index (χ4n) is 2.67. The molecule has 0 amide bonds. The Balaban J connectivity index is 2.32. The van der Waals surface area contributed by atoms with Gasteiger partial charge in [-0.1, -0.05) is 11.6 Å². The van der Waals surface area contributed by atoms with Crippen LogP contribution in [0.4, 0.5) is 24.5 Å². The zero-order valence-corrected chi connectivity index (χ0v) is 13.2. The van der Waals surface area contributed by atoms with Crippen LogP contribution in [0.25, 0.3) is 0 Å². The van der Waals surface area contributed by atoms with Crippen molar-refractivity contribution in [3.05, 3.63) is 32.8 Å². The molecular formula is C14H16ClF3N2O3. The van der Waals surface area contributed by atoms with Gasteiger partial charge < -0.3 is 9.64 Å². The lowest BCUT2D eigenvalue weighted by Crippen LogP contribution is -2.37. The normalized spacial score (nSPS) is 16.7. The Kier molecular flexibility index (Phi) is 5.36. The smallest absolute Gasteiger partial charge is 0.378 e. The molecule has 1 fully saturated rings. The molecule has 1 aliphatic heterocycles. The largest absolute Gasteiger partial charge is 0.418 e. The fraction of sp³-hybridized carbons (Fsp3) is 0.571. The Labute approximate surface area is 136 Å². The molecule has 128 valence electrons. The van der Waals surface area contributed by atoms with Crippen LogP contribution >= 0.6 is 11.6 Å². The van der Waals surface area contributed by atoms with Crippen molar-refractivity contribution in [2.24, 2.45) is 0 Å². The lowest BCUT2D eigenvalue weighted by atomic mass is 10.1. The first-order valence-electron chi connectivity index (χ1n) is 7.15. The van der Waals surface area contributed by atoms with Crippen LogP contribution in [0.15, 0.2) is 12.1 Å². The Hall–Kier alpha value is -1.54. The summed E-state index contributed by atoms with van der Waals surface area (Å²) < 4.78 is 44.1. The Morgan fingerprint density at radius 3 is 2.48 bits per heavy atom. The summed E-state index contributed by atoms with van der Waals surface area (Å²) in [5.74, 6) is 0. The molecule has 2 rings (SSSR count). The van der Waals surface area contributed by atoms with Gasteiger partial charge in [0.25, 0.3) is 5.69 Å². The van der Waals surface area contributed by atoms with Gasteiger partial charge in [-0.05, 0) is 25.8 Å². The summed E-state index contributed by atoms with van der Waals surface area (Å²) in [5.41, 5.74) is -1.67. The lowest BCUT2D eigenvalue weighted by Gasteiger charge is -2.33. The standard InChI is InChI=1S/C14H16ClF3N2O3/c1-2-23-9-3-5-19(6-4-9)12-8-11(15)10(14(16,17)18)7-13(12)20(21)22/h7-9H,2-6H2,1H3. The van der Waals surface area contributed by atoms with E-state index in [1.165, 1.54) is 0 Å². The number of anilines is 1. The van der Waals surface area contributed by atoms with Crippen LogP contribution in [0.5, 0.6) is 0 Å². The molecule has 0 atom stereocenters. The number of hydrogen-bond donors (Lipinski definition) is 0. The van der Waals surface area contributed by atoms with Crippen molar-refractivity contribution in [3.63, 3.8) is 0 Å². The SMILES string of the molecule is CCOC1CCN(c2cc(Cl)c(C(F)(F)F)cc2[N+](=O)[O-])CC1. The number of nitrogens with zero attached hydrogens (tertiary/aromatic N) is 2. The summed E-state index contributed by atoms with van der Waals surface area (Å²) in [6.07, 6.45) is -3.35. The monoisotopic (exact) mass is 352 g/mol. The molecule has 0 unspecified atom stereocenters. The highest BCUT2D eigenvalue weighted by Crippen LogP contribution is 2.42. The molecule has 0 aromatic heterocycles. The first-order valence-corrected chi connectivity index (χ1v) is 7.53. The van der Waals surface area contributed by atoms with Gasteiger partial charge >= 0.3 is 6.18 Å². The number of piperidine rings is 1. The maximum atomic E-state index is 12.9. The second-order valence-corrected chi connectivity index (χ2v) is 5.62. The van der Waals surface area contributed by atoms with E-state index in [0.717, 1.165) is 6.07 Å². The molecule has 0 N–H and O–H groups in total. The van der Waals surface area contributed by atoms with Crippen molar-refractivity contribution in [1.29, 1.82) is 0 Å². The predicted octanol–water partition coefficient (Wildman–Crippen LogP) is 4.27. The van der Waals surface area contributed by atoms with E-state index in [1.54, 1.807) is 4.90 Å². The van der Waals surface area contributed by atoms with Crippen molar-refractivity contribution in [3.8, 4) is 0 Å². The molecule has 1 aromatic carbocycles. The van der Waals surface area contributed by atoms with E-state index in [4.69, 9.17) is 16.3 Å². The lowest BCUT2D eigenvalue weighted by molar-refractivity contribution is -0.384. The van der Waals surface area contributed by atoms with Crippen LogP contribution in [-0.2, 0) is 10.9 Å². The predicted molar refractivity (Wildman–Crippen MR) is 80.0 cm³/mol. The molecule has 1 heterocycles. The third kappa shape index (κ3) is 4.06. The van der Waals surface area contributed by atoms with Crippen LogP contribution in [0.1, 0.15) is 25.3 Å². The molecule has 0 spiro atoms. The number of rotatable bonds is 4. The fourth-order valence-corrected chi connectivity index (χ4v) is 2.93. The van der Waals surface area contributed by atoms with Crippen LogP contribution in [0.2, 0.25) is 5.02 Å². The average Bonchev–Trinajstić information content (AvgIpc) is 2.46. The summed E-state index contributed by atoms with van der Waals surface area (Å²) in [6, 6.07) is 1.54. The summed E-state index contributed by atoms with van der Waals surface area (Å²) in [7, 11) is 0. The zero-order valence-electron chi connectivity index (χ0n) is 12.4. The number of benzene rings is 1. The van der Waals surface area contributed by atoms with Crippen molar-refractivity contribution in [1.82, 2.24) is 0 Å². The number of nitro benzene ring substituents is 1. The topological polar surface area (TPSA) is 55.6 Å². The van der Waals surface area contributed by atoms with Crippen LogP contribution in [0, 0.1) is 10.1 Å². The van der Waals surface area contributed by atoms with Gasteiger partial charge in [0.1, 0.15) is 5.69 Å². The number of halogens is 4. The Bertz CT molecular complexity index is 587. The van der Waals surface area contributed by atoms with Gasteiger partial charge in [-0.2, -0.15) is 13.2 Å². The Morgan fingerprint density at radius 2 is 2.00 bits per heavy atom. The van der Waals surface area contributed by atoms with Gasteiger partial charge in [0.05, 0.1) is 21.6 Å². The minimum Gasteiger partial charge on any atom is -0.378 e. The molecular weight excluding hydrogens is 337 g/mol. The van der Waals surface area contributed by atoms with Gasteiger partial charge in [0, 0.05) is 25.8 Å². The van der Waals surface area contributed by atoms with Gasteiger partial charge in [-0.25, -0.2) is 0 Å².